The number of hydrogen-bond acceptors (Lipinski definition) is 2. The zero-order chi connectivity index (χ0) is 9.14. The summed E-state index contributed by atoms with van der Waals surface area (Å²) >= 11 is 3.07. The first-order chi connectivity index (χ1) is 5.69. The average Bonchev–Trinajstić information content (AvgIpc) is 2.03. The van der Waals surface area contributed by atoms with E-state index in [2.05, 4.69) is 15.9 Å². The van der Waals surface area contributed by atoms with Gasteiger partial charge in [0.1, 0.15) is 6.07 Å². The van der Waals surface area contributed by atoms with Crippen LogP contribution in [0.4, 0.5) is 4.39 Å². The van der Waals surface area contributed by atoms with Crippen molar-refractivity contribution in [3.05, 3.63) is 28.0 Å². The second-order valence-corrected chi connectivity index (χ2v) is 3.00. The van der Waals surface area contributed by atoms with Crippen molar-refractivity contribution in [1.29, 1.82) is 5.26 Å². The van der Waals surface area contributed by atoms with Gasteiger partial charge in [-0.1, -0.05) is 15.9 Å². The van der Waals surface area contributed by atoms with Crippen LogP contribution in [0, 0.1) is 17.1 Å². The lowest BCUT2D eigenvalue weighted by Gasteiger charge is -2.03. The topological polar surface area (TPSA) is 33.0 Å². The predicted octanol–water partition coefficient (Wildman–Crippen LogP) is 2.47. The molecule has 0 spiro atoms. The van der Waals surface area contributed by atoms with Gasteiger partial charge in [-0.3, -0.25) is 0 Å². The summed E-state index contributed by atoms with van der Waals surface area (Å²) in [4.78, 5) is 0. The van der Waals surface area contributed by atoms with Crippen LogP contribution in [0.3, 0.4) is 0 Å². The Morgan fingerprint density at radius 3 is 2.75 bits per heavy atom. The SMILES string of the molecule is COc1c(F)cc(Br)cc1C#N. The lowest BCUT2D eigenvalue weighted by atomic mass is 10.2. The molecule has 0 fully saturated rings. The predicted molar refractivity (Wildman–Crippen MR) is 45.4 cm³/mol. The Morgan fingerprint density at radius 2 is 2.25 bits per heavy atom. The van der Waals surface area contributed by atoms with Gasteiger partial charge in [-0.25, -0.2) is 4.39 Å². The van der Waals surface area contributed by atoms with E-state index in [1.807, 2.05) is 6.07 Å². The van der Waals surface area contributed by atoms with E-state index in [-0.39, 0.29) is 11.3 Å². The van der Waals surface area contributed by atoms with E-state index in [9.17, 15) is 4.39 Å². The Morgan fingerprint density at radius 1 is 1.58 bits per heavy atom. The number of methoxy groups -OCH3 is 1. The van der Waals surface area contributed by atoms with Gasteiger partial charge in [-0.15, -0.1) is 0 Å². The summed E-state index contributed by atoms with van der Waals surface area (Å²) in [6.07, 6.45) is 0. The maximum absolute atomic E-state index is 13.0. The van der Waals surface area contributed by atoms with Crippen molar-refractivity contribution >= 4 is 15.9 Å². The van der Waals surface area contributed by atoms with E-state index in [1.165, 1.54) is 19.2 Å². The van der Waals surface area contributed by atoms with Crippen LogP contribution in [-0.2, 0) is 0 Å². The molecule has 0 atom stereocenters. The summed E-state index contributed by atoms with van der Waals surface area (Å²) in [6, 6.07) is 4.58. The van der Waals surface area contributed by atoms with Crippen LogP contribution >= 0.6 is 15.9 Å². The van der Waals surface area contributed by atoms with Crippen molar-refractivity contribution in [3.8, 4) is 11.8 Å². The van der Waals surface area contributed by atoms with Gasteiger partial charge in [0.15, 0.2) is 11.6 Å². The average molecular weight is 230 g/mol. The molecular weight excluding hydrogens is 225 g/mol. The number of benzene rings is 1. The monoisotopic (exact) mass is 229 g/mol. The van der Waals surface area contributed by atoms with Gasteiger partial charge in [-0.05, 0) is 12.1 Å². The van der Waals surface area contributed by atoms with Crippen molar-refractivity contribution < 1.29 is 9.13 Å². The number of halogens is 2. The minimum Gasteiger partial charge on any atom is -0.492 e. The van der Waals surface area contributed by atoms with Gasteiger partial charge < -0.3 is 4.74 Å². The third-order valence-corrected chi connectivity index (χ3v) is 1.79. The van der Waals surface area contributed by atoms with E-state index in [0.29, 0.717) is 4.47 Å². The van der Waals surface area contributed by atoms with Gasteiger partial charge in [0.2, 0.25) is 0 Å². The summed E-state index contributed by atoms with van der Waals surface area (Å²) in [5, 5.41) is 8.58. The molecule has 0 radical (unpaired) electrons. The maximum atomic E-state index is 13.0. The third-order valence-electron chi connectivity index (χ3n) is 1.33. The molecule has 1 rings (SSSR count). The molecule has 0 N–H and O–H groups in total. The highest BCUT2D eigenvalue weighted by atomic mass is 79.9. The Kier molecular flexibility index (Phi) is 2.66. The van der Waals surface area contributed by atoms with Crippen LogP contribution < -0.4 is 4.74 Å². The van der Waals surface area contributed by atoms with E-state index in [1.54, 1.807) is 0 Å². The molecule has 0 unspecified atom stereocenters. The fourth-order valence-corrected chi connectivity index (χ4v) is 1.28. The molecule has 0 heterocycles. The molecule has 0 saturated carbocycles. The molecule has 12 heavy (non-hydrogen) atoms. The number of nitrogens with zero attached hydrogens (tertiary/aromatic N) is 1. The third kappa shape index (κ3) is 1.56. The Balaban J connectivity index is 3.36. The van der Waals surface area contributed by atoms with Gasteiger partial charge in [0.05, 0.1) is 12.7 Å². The van der Waals surface area contributed by atoms with E-state index in [4.69, 9.17) is 10.00 Å². The molecule has 0 amide bonds. The molecule has 0 saturated heterocycles. The minimum atomic E-state index is -0.538. The second kappa shape index (κ2) is 3.55. The van der Waals surface area contributed by atoms with Crippen molar-refractivity contribution in [2.45, 2.75) is 0 Å². The number of hydrogen-bond donors (Lipinski definition) is 0. The fraction of sp³-hybridized carbons (Fsp3) is 0.125. The first-order valence-corrected chi connectivity index (χ1v) is 3.91. The Hall–Kier alpha value is -1.08. The standard InChI is InChI=1S/C8H5BrFNO/c1-12-8-5(4-11)2-6(9)3-7(8)10/h2-3H,1H3. The summed E-state index contributed by atoms with van der Waals surface area (Å²) in [5.41, 5.74) is 0.185. The van der Waals surface area contributed by atoms with Crippen LogP contribution in [0.25, 0.3) is 0 Å². The molecule has 0 aromatic heterocycles. The summed E-state index contributed by atoms with van der Waals surface area (Å²) in [5.74, 6) is -0.552. The van der Waals surface area contributed by atoms with Crippen LogP contribution in [0.1, 0.15) is 5.56 Å². The second-order valence-electron chi connectivity index (χ2n) is 2.08. The van der Waals surface area contributed by atoms with Gasteiger partial charge in [0.25, 0.3) is 0 Å². The van der Waals surface area contributed by atoms with E-state index >= 15 is 0 Å². The normalized spacial score (nSPS) is 9.17. The minimum absolute atomic E-state index is 0.0132. The molecule has 1 aromatic rings. The smallest absolute Gasteiger partial charge is 0.172 e. The van der Waals surface area contributed by atoms with Crippen LogP contribution in [-0.4, -0.2) is 7.11 Å². The molecule has 0 aliphatic heterocycles. The van der Waals surface area contributed by atoms with Crippen molar-refractivity contribution in [2.75, 3.05) is 7.11 Å². The molecule has 62 valence electrons. The molecule has 4 heteroatoms. The largest absolute Gasteiger partial charge is 0.492 e. The Labute approximate surface area is 77.7 Å². The molecule has 2 nitrogen and oxygen atoms in total. The summed E-state index contributed by atoms with van der Waals surface area (Å²) < 4.78 is 18.2. The van der Waals surface area contributed by atoms with Crippen molar-refractivity contribution in [2.24, 2.45) is 0 Å². The molecule has 0 aliphatic rings. The van der Waals surface area contributed by atoms with E-state index in [0.717, 1.165) is 0 Å². The zero-order valence-corrected chi connectivity index (χ0v) is 7.85. The first-order valence-electron chi connectivity index (χ1n) is 3.12. The lowest BCUT2D eigenvalue weighted by Crippen LogP contribution is -1.92. The number of nitriles is 1. The molecule has 0 aliphatic carbocycles. The van der Waals surface area contributed by atoms with Crippen LogP contribution in [0.15, 0.2) is 16.6 Å². The number of rotatable bonds is 1. The molecule has 0 bridgehead atoms. The summed E-state index contributed by atoms with van der Waals surface area (Å²) in [7, 11) is 1.33. The lowest BCUT2D eigenvalue weighted by molar-refractivity contribution is 0.385. The van der Waals surface area contributed by atoms with Crippen LogP contribution in [0.5, 0.6) is 5.75 Å². The molecule has 1 aromatic carbocycles. The van der Waals surface area contributed by atoms with E-state index < -0.39 is 5.82 Å². The van der Waals surface area contributed by atoms with Gasteiger partial charge in [-0.2, -0.15) is 5.26 Å². The van der Waals surface area contributed by atoms with Crippen molar-refractivity contribution in [1.82, 2.24) is 0 Å². The van der Waals surface area contributed by atoms with Crippen LogP contribution in [0.2, 0.25) is 0 Å². The highest BCUT2D eigenvalue weighted by Gasteiger charge is 2.09. The number of ether oxygens (including phenoxy) is 1. The maximum Gasteiger partial charge on any atom is 0.172 e. The fourth-order valence-electron chi connectivity index (χ4n) is 0.851. The first kappa shape index (κ1) is 9.01. The van der Waals surface area contributed by atoms with Gasteiger partial charge >= 0.3 is 0 Å². The molecular formula is C8H5BrFNO. The highest BCUT2D eigenvalue weighted by Crippen LogP contribution is 2.25. The van der Waals surface area contributed by atoms with Crippen molar-refractivity contribution in [3.63, 3.8) is 0 Å². The quantitative estimate of drug-likeness (QED) is 0.742. The zero-order valence-electron chi connectivity index (χ0n) is 6.27. The summed E-state index contributed by atoms with van der Waals surface area (Å²) in [6.45, 7) is 0. The highest BCUT2D eigenvalue weighted by molar-refractivity contribution is 9.10. The Bertz CT molecular complexity index is 346. The van der Waals surface area contributed by atoms with Gasteiger partial charge in [0, 0.05) is 4.47 Å².